The molecule has 1 rings (SSSR count). The summed E-state index contributed by atoms with van der Waals surface area (Å²) in [5.41, 5.74) is 0. The lowest BCUT2D eigenvalue weighted by molar-refractivity contribution is -0.0782. The van der Waals surface area contributed by atoms with Gasteiger partial charge in [-0.2, -0.15) is 0 Å². The van der Waals surface area contributed by atoms with Crippen molar-refractivity contribution < 1.29 is 18.0 Å². The number of hydrogen-bond donors (Lipinski definition) is 0. The van der Waals surface area contributed by atoms with Gasteiger partial charge in [0.2, 0.25) is 0 Å². The van der Waals surface area contributed by atoms with E-state index in [4.69, 9.17) is 18.0 Å². The third-order valence-corrected chi connectivity index (χ3v) is 18.4. The zero-order chi connectivity index (χ0) is 15.8. The van der Waals surface area contributed by atoms with E-state index in [0.717, 1.165) is 0 Å². The monoisotopic (exact) mass is 336 g/mol. The van der Waals surface area contributed by atoms with Crippen LogP contribution in [0.3, 0.4) is 0 Å². The molecule has 0 saturated carbocycles. The minimum absolute atomic E-state index is 0.0273. The molecule has 0 spiro atoms. The van der Waals surface area contributed by atoms with Gasteiger partial charge in [0.1, 0.15) is 7.59 Å². The minimum atomic E-state index is -2.66. The number of rotatable bonds is 3. The Hall–Kier alpha value is 0.491. The van der Waals surface area contributed by atoms with Crippen LogP contribution in [0.1, 0.15) is 13.8 Å². The number of hydrogen-bond acceptors (Lipinski definition) is 4. The van der Waals surface area contributed by atoms with Crippen molar-refractivity contribution in [2.24, 2.45) is 0 Å². The van der Waals surface area contributed by atoms with Crippen LogP contribution in [0.15, 0.2) is 0 Å². The Bertz CT molecular complexity index is 339. The molecule has 7 heteroatoms. The molecule has 0 radical (unpaired) electrons. The molecule has 20 heavy (non-hydrogen) atoms. The summed E-state index contributed by atoms with van der Waals surface area (Å²) in [7, 11) is -4.22. The average molecular weight is 337 g/mol. The van der Waals surface area contributed by atoms with Gasteiger partial charge in [0, 0.05) is 7.11 Å². The molecular weight excluding hydrogens is 304 g/mol. The highest BCUT2D eigenvalue weighted by molar-refractivity contribution is 7.33. The Labute approximate surface area is 127 Å². The van der Waals surface area contributed by atoms with Gasteiger partial charge in [-0.25, -0.2) is 0 Å². The van der Waals surface area contributed by atoms with Crippen LogP contribution in [0, 0.1) is 0 Å². The third kappa shape index (κ3) is 3.63. The van der Waals surface area contributed by atoms with E-state index in [2.05, 4.69) is 46.2 Å². The zero-order valence-corrected chi connectivity index (χ0v) is 17.6. The summed E-state index contributed by atoms with van der Waals surface area (Å²) in [5.74, 6) is 0. The molecule has 120 valence electrons. The molecule has 1 heterocycles. The van der Waals surface area contributed by atoms with Crippen molar-refractivity contribution in [3.05, 3.63) is 0 Å². The van der Waals surface area contributed by atoms with Crippen molar-refractivity contribution in [3.8, 4) is 0 Å². The summed E-state index contributed by atoms with van der Waals surface area (Å²) in [6, 6.07) is 0. The summed E-state index contributed by atoms with van der Waals surface area (Å²) in [6.45, 7) is 19.3. The van der Waals surface area contributed by atoms with E-state index in [-0.39, 0.29) is 11.3 Å². The molecule has 1 fully saturated rings. The minimum Gasteiger partial charge on any atom is -0.380 e. The Kier molecular flexibility index (Phi) is 5.51. The normalized spacial score (nSPS) is 37.4. The van der Waals surface area contributed by atoms with E-state index < -0.39 is 24.0 Å². The second kappa shape index (κ2) is 5.94. The lowest BCUT2D eigenvalue weighted by atomic mass is 10.4. The van der Waals surface area contributed by atoms with Crippen LogP contribution in [-0.4, -0.2) is 55.6 Å². The molecule has 0 bridgehead atoms. The molecule has 0 aromatic heterocycles. The molecule has 4 nitrogen and oxygen atoms in total. The maximum absolute atomic E-state index is 6.71. The first kappa shape index (κ1) is 18.5. The van der Waals surface area contributed by atoms with E-state index in [0.29, 0.717) is 13.2 Å². The fourth-order valence-corrected chi connectivity index (χ4v) is 12.5. The molecule has 3 atom stereocenters. The van der Waals surface area contributed by atoms with Gasteiger partial charge in [-0.15, -0.1) is 0 Å². The molecular formula is C13H32O4Si3. The van der Waals surface area contributed by atoms with Gasteiger partial charge in [0.15, 0.2) is 0 Å². The predicted molar refractivity (Wildman–Crippen MR) is 90.3 cm³/mol. The van der Waals surface area contributed by atoms with E-state index in [9.17, 15) is 0 Å². The molecule has 0 amide bonds. The van der Waals surface area contributed by atoms with Crippen LogP contribution < -0.4 is 0 Å². The van der Waals surface area contributed by atoms with Crippen LogP contribution in [0.4, 0.5) is 0 Å². The first-order valence-corrected chi connectivity index (χ1v) is 17.1. The third-order valence-electron chi connectivity index (χ3n) is 4.22. The van der Waals surface area contributed by atoms with Gasteiger partial charge < -0.3 is 18.0 Å². The van der Waals surface area contributed by atoms with Crippen molar-refractivity contribution in [2.75, 3.05) is 20.3 Å². The average Bonchev–Trinajstić information content (AvgIpc) is 2.22. The fourth-order valence-electron chi connectivity index (χ4n) is 2.16. The fraction of sp³-hybridized carbons (Fsp3) is 1.00. The van der Waals surface area contributed by atoms with Crippen LogP contribution in [0.25, 0.3) is 0 Å². The first-order valence-electron chi connectivity index (χ1n) is 7.38. The lowest BCUT2D eigenvalue weighted by Crippen LogP contribution is -2.72. The van der Waals surface area contributed by atoms with Gasteiger partial charge in [0.05, 0.1) is 32.6 Å². The largest absolute Gasteiger partial charge is 0.469 e. The molecule has 0 N–H and O–H groups in total. The smallest absolute Gasteiger partial charge is 0.380 e. The summed E-state index contributed by atoms with van der Waals surface area (Å²) >= 11 is 0. The number of ether oxygens (including phenoxy) is 1. The van der Waals surface area contributed by atoms with Gasteiger partial charge in [0.25, 0.3) is 0 Å². The molecule has 0 aromatic carbocycles. The molecule has 0 aromatic rings. The van der Waals surface area contributed by atoms with E-state index in [1.54, 1.807) is 7.11 Å². The highest BCUT2D eigenvalue weighted by atomic mass is 29.3. The van der Waals surface area contributed by atoms with Crippen LogP contribution in [-0.2, 0) is 18.0 Å². The van der Waals surface area contributed by atoms with Crippen LogP contribution in [0.5, 0.6) is 0 Å². The summed E-state index contributed by atoms with van der Waals surface area (Å²) in [6.07, 6.45) is 0.0273. The Morgan fingerprint density at radius 1 is 1.15 bits per heavy atom. The molecule has 0 aliphatic carbocycles. The van der Waals surface area contributed by atoms with Gasteiger partial charge in [-0.3, -0.25) is 0 Å². The van der Waals surface area contributed by atoms with Gasteiger partial charge in [-0.05, 0) is 13.8 Å². The Balaban J connectivity index is 3.24. The van der Waals surface area contributed by atoms with Crippen LogP contribution >= 0.6 is 0 Å². The van der Waals surface area contributed by atoms with E-state index >= 15 is 0 Å². The standard InChI is InChI=1S/C13H32O4Si3/c1-12-10-15-11-13(2,18(4,5)6)17-20(14-3,16-12)19(7,8)9/h12H,10-11H2,1-9H3. The van der Waals surface area contributed by atoms with Gasteiger partial charge in [-0.1, -0.05) is 39.3 Å². The summed E-state index contributed by atoms with van der Waals surface area (Å²) < 4.78 is 24.9. The van der Waals surface area contributed by atoms with E-state index in [1.807, 2.05) is 6.92 Å². The van der Waals surface area contributed by atoms with Crippen molar-refractivity contribution in [3.63, 3.8) is 0 Å². The topological polar surface area (TPSA) is 36.9 Å². The van der Waals surface area contributed by atoms with Crippen molar-refractivity contribution in [1.29, 1.82) is 0 Å². The lowest BCUT2D eigenvalue weighted by Gasteiger charge is -2.50. The van der Waals surface area contributed by atoms with E-state index in [1.165, 1.54) is 0 Å². The van der Waals surface area contributed by atoms with Crippen molar-refractivity contribution >= 4 is 24.0 Å². The summed E-state index contributed by atoms with van der Waals surface area (Å²) in [5, 5.41) is -0.268. The van der Waals surface area contributed by atoms with Gasteiger partial charge >= 0.3 is 8.32 Å². The quantitative estimate of drug-likeness (QED) is 0.742. The van der Waals surface area contributed by atoms with Crippen molar-refractivity contribution in [1.82, 2.24) is 0 Å². The first-order chi connectivity index (χ1) is 8.87. The molecule has 1 aliphatic rings. The predicted octanol–water partition coefficient (Wildman–Crippen LogP) is 3.08. The highest BCUT2D eigenvalue weighted by Gasteiger charge is 2.60. The summed E-state index contributed by atoms with van der Waals surface area (Å²) in [4.78, 5) is 0. The zero-order valence-electron chi connectivity index (χ0n) is 14.6. The van der Waals surface area contributed by atoms with Crippen LogP contribution in [0.2, 0.25) is 39.3 Å². The second-order valence-corrected chi connectivity index (χ2v) is 26.4. The maximum atomic E-state index is 6.71. The highest BCUT2D eigenvalue weighted by Crippen LogP contribution is 2.35. The Morgan fingerprint density at radius 2 is 1.70 bits per heavy atom. The van der Waals surface area contributed by atoms with Crippen molar-refractivity contribution in [2.45, 2.75) is 64.5 Å². The SMILES string of the molecule is CO[Si]1([Si](C)(C)C)OC(C)COCC(C)([Si](C)(C)C)O1. The second-order valence-electron chi connectivity index (χ2n) is 8.04. The molecule has 1 aliphatic heterocycles. The molecule has 1 saturated heterocycles. The maximum Gasteiger partial charge on any atom is 0.469 e. The Morgan fingerprint density at radius 3 is 2.10 bits per heavy atom. The molecule has 3 unspecified atom stereocenters.